The molecular formula is C13H14ClNO6S. The Morgan fingerprint density at radius 2 is 1.50 bits per heavy atom. The van der Waals surface area contributed by atoms with E-state index >= 15 is 0 Å². The van der Waals surface area contributed by atoms with E-state index in [1.54, 1.807) is 0 Å². The number of nitrogens with zero attached hydrogens (tertiary/aromatic N) is 1. The highest BCUT2D eigenvalue weighted by Crippen LogP contribution is 2.30. The Bertz CT molecular complexity index is 665. The van der Waals surface area contributed by atoms with Gasteiger partial charge < -0.3 is 10.2 Å². The van der Waals surface area contributed by atoms with Gasteiger partial charge in [0.05, 0.1) is 4.90 Å². The summed E-state index contributed by atoms with van der Waals surface area (Å²) >= 11 is 5.71. The number of rotatable bonds is 4. The third-order valence-corrected chi connectivity index (χ3v) is 5.71. The van der Waals surface area contributed by atoms with Crippen LogP contribution < -0.4 is 0 Å². The Morgan fingerprint density at radius 3 is 1.91 bits per heavy atom. The molecule has 0 saturated carbocycles. The molecule has 1 fully saturated rings. The van der Waals surface area contributed by atoms with Gasteiger partial charge in [-0.25, -0.2) is 8.42 Å². The van der Waals surface area contributed by atoms with Crippen LogP contribution in [0.1, 0.15) is 19.3 Å². The molecule has 1 aromatic carbocycles. The van der Waals surface area contributed by atoms with E-state index in [4.69, 9.17) is 11.6 Å². The molecule has 7 nitrogen and oxygen atoms in total. The number of hydrogen-bond donors (Lipinski definition) is 2. The topological polar surface area (TPSA) is 112 Å². The summed E-state index contributed by atoms with van der Waals surface area (Å²) in [6.45, 7) is 0. The van der Waals surface area contributed by atoms with E-state index in [0.29, 0.717) is 15.7 Å². The smallest absolute Gasteiger partial charge is 0.322 e. The van der Waals surface area contributed by atoms with Crippen LogP contribution >= 0.6 is 11.6 Å². The number of piperidine rings is 1. The summed E-state index contributed by atoms with van der Waals surface area (Å²) in [5, 5.41) is 18.8. The maximum absolute atomic E-state index is 12.7. The van der Waals surface area contributed by atoms with Crippen LogP contribution in [0, 0.1) is 0 Å². The molecule has 0 unspecified atom stereocenters. The van der Waals surface area contributed by atoms with Crippen molar-refractivity contribution in [1.29, 1.82) is 0 Å². The fourth-order valence-corrected chi connectivity index (χ4v) is 4.41. The normalized spacial score (nSPS) is 23.1. The zero-order valence-electron chi connectivity index (χ0n) is 11.3. The van der Waals surface area contributed by atoms with Crippen LogP contribution in [-0.2, 0) is 19.6 Å². The second-order valence-electron chi connectivity index (χ2n) is 4.93. The van der Waals surface area contributed by atoms with Gasteiger partial charge in [-0.15, -0.1) is 0 Å². The second-order valence-corrected chi connectivity index (χ2v) is 7.21. The number of carboxylic acid groups (broad SMARTS) is 2. The first kappa shape index (κ1) is 16.7. The van der Waals surface area contributed by atoms with Gasteiger partial charge in [0.2, 0.25) is 10.0 Å². The first-order valence-corrected chi connectivity index (χ1v) is 8.31. The molecule has 1 saturated heterocycles. The van der Waals surface area contributed by atoms with Crippen LogP contribution in [-0.4, -0.2) is 47.0 Å². The molecule has 1 aromatic rings. The van der Waals surface area contributed by atoms with Crippen molar-refractivity contribution in [2.45, 2.75) is 36.2 Å². The van der Waals surface area contributed by atoms with Crippen molar-refractivity contribution in [3.05, 3.63) is 29.3 Å². The Morgan fingerprint density at radius 1 is 1.05 bits per heavy atom. The minimum Gasteiger partial charge on any atom is -0.480 e. The monoisotopic (exact) mass is 347 g/mol. The predicted octanol–water partition coefficient (Wildman–Crippen LogP) is 1.42. The standard InChI is InChI=1S/C13H14ClNO6S/c14-8-4-6-9(7-5-8)22(20,21)15-10(12(16)17)2-1-3-11(15)13(18)19/h4-7,10-11H,1-3H2,(H,16,17)(H,18,19)/t10-,11-/m0/s1. The molecular weight excluding hydrogens is 334 g/mol. The van der Waals surface area contributed by atoms with Crippen LogP contribution in [0.25, 0.3) is 0 Å². The van der Waals surface area contributed by atoms with Crippen LogP contribution in [0.15, 0.2) is 29.2 Å². The molecule has 1 heterocycles. The van der Waals surface area contributed by atoms with Crippen molar-refractivity contribution in [3.8, 4) is 0 Å². The van der Waals surface area contributed by atoms with Crippen LogP contribution in [0.2, 0.25) is 5.02 Å². The SMILES string of the molecule is O=C(O)[C@@H]1CCC[C@@H](C(=O)O)N1S(=O)(=O)c1ccc(Cl)cc1. The molecule has 22 heavy (non-hydrogen) atoms. The van der Waals surface area contributed by atoms with E-state index in [1.165, 1.54) is 24.3 Å². The van der Waals surface area contributed by atoms with Crippen molar-refractivity contribution in [1.82, 2.24) is 4.31 Å². The third-order valence-electron chi connectivity index (χ3n) is 3.53. The Kier molecular flexibility index (Phi) is 4.74. The van der Waals surface area contributed by atoms with Gasteiger partial charge >= 0.3 is 11.9 Å². The first-order valence-electron chi connectivity index (χ1n) is 6.50. The highest BCUT2D eigenvalue weighted by atomic mass is 35.5. The van der Waals surface area contributed by atoms with Gasteiger partial charge in [0.1, 0.15) is 12.1 Å². The summed E-state index contributed by atoms with van der Waals surface area (Å²) in [6.07, 6.45) is 0.485. The van der Waals surface area contributed by atoms with Gasteiger partial charge in [0.25, 0.3) is 0 Å². The lowest BCUT2D eigenvalue weighted by Gasteiger charge is -2.36. The number of carboxylic acids is 2. The summed E-state index contributed by atoms with van der Waals surface area (Å²) in [6, 6.07) is 2.37. The maximum atomic E-state index is 12.7. The predicted molar refractivity (Wildman–Crippen MR) is 77.2 cm³/mol. The largest absolute Gasteiger partial charge is 0.480 e. The molecule has 0 spiro atoms. The fraction of sp³-hybridized carbons (Fsp3) is 0.385. The third kappa shape index (κ3) is 3.08. The van der Waals surface area contributed by atoms with Crippen LogP contribution in [0.3, 0.4) is 0 Å². The van der Waals surface area contributed by atoms with E-state index in [0.717, 1.165) is 0 Å². The molecule has 2 N–H and O–H groups in total. The molecule has 0 bridgehead atoms. The lowest BCUT2D eigenvalue weighted by molar-refractivity contribution is -0.149. The van der Waals surface area contributed by atoms with Crippen LogP contribution in [0.5, 0.6) is 0 Å². The lowest BCUT2D eigenvalue weighted by Crippen LogP contribution is -2.55. The van der Waals surface area contributed by atoms with Gasteiger partial charge in [-0.2, -0.15) is 4.31 Å². The summed E-state index contributed by atoms with van der Waals surface area (Å²) in [5.41, 5.74) is 0. The molecule has 0 aromatic heterocycles. The summed E-state index contributed by atoms with van der Waals surface area (Å²) in [5.74, 6) is -2.72. The number of aliphatic carboxylic acids is 2. The molecule has 0 radical (unpaired) electrons. The van der Waals surface area contributed by atoms with E-state index in [2.05, 4.69) is 0 Å². The molecule has 1 aliphatic rings. The quantitative estimate of drug-likeness (QED) is 0.851. The minimum absolute atomic E-state index is 0.0753. The van der Waals surface area contributed by atoms with E-state index < -0.39 is 34.0 Å². The zero-order chi connectivity index (χ0) is 16.5. The van der Waals surface area contributed by atoms with Crippen LogP contribution in [0.4, 0.5) is 0 Å². The van der Waals surface area contributed by atoms with Gasteiger partial charge in [-0.1, -0.05) is 11.6 Å². The fourth-order valence-electron chi connectivity index (χ4n) is 2.50. The van der Waals surface area contributed by atoms with E-state index in [1.807, 2.05) is 0 Å². The highest BCUT2D eigenvalue weighted by Gasteiger charge is 2.46. The summed E-state index contributed by atoms with van der Waals surface area (Å²) in [4.78, 5) is 22.5. The number of benzene rings is 1. The zero-order valence-corrected chi connectivity index (χ0v) is 12.9. The van der Waals surface area contributed by atoms with Gasteiger partial charge in [0, 0.05) is 5.02 Å². The van der Waals surface area contributed by atoms with Gasteiger partial charge in [0.15, 0.2) is 0 Å². The molecule has 1 aliphatic heterocycles. The molecule has 0 amide bonds. The first-order chi connectivity index (χ1) is 10.2. The summed E-state index contributed by atoms with van der Waals surface area (Å²) in [7, 11) is -4.25. The van der Waals surface area contributed by atoms with Crippen molar-refractivity contribution >= 4 is 33.6 Å². The number of halogens is 1. The Hall–Kier alpha value is -1.64. The van der Waals surface area contributed by atoms with Crippen molar-refractivity contribution in [2.24, 2.45) is 0 Å². The van der Waals surface area contributed by atoms with Gasteiger partial charge in [-0.3, -0.25) is 9.59 Å². The van der Waals surface area contributed by atoms with Crippen molar-refractivity contribution in [3.63, 3.8) is 0 Å². The number of sulfonamides is 1. The minimum atomic E-state index is -4.25. The summed E-state index contributed by atoms with van der Waals surface area (Å²) < 4.78 is 26.0. The molecule has 2 atom stereocenters. The maximum Gasteiger partial charge on any atom is 0.322 e. The lowest BCUT2D eigenvalue weighted by atomic mass is 9.99. The van der Waals surface area contributed by atoms with Crippen molar-refractivity contribution in [2.75, 3.05) is 0 Å². The van der Waals surface area contributed by atoms with Gasteiger partial charge in [-0.05, 0) is 43.5 Å². The highest BCUT2D eigenvalue weighted by molar-refractivity contribution is 7.89. The number of hydrogen-bond acceptors (Lipinski definition) is 4. The Labute approximate surface area is 132 Å². The van der Waals surface area contributed by atoms with E-state index in [-0.39, 0.29) is 17.7 Å². The Balaban J connectivity index is 2.52. The molecule has 120 valence electrons. The molecule has 2 rings (SSSR count). The molecule has 9 heteroatoms. The average molecular weight is 348 g/mol. The molecule has 0 aliphatic carbocycles. The number of carbonyl (C=O) groups is 2. The van der Waals surface area contributed by atoms with E-state index in [9.17, 15) is 28.2 Å². The van der Waals surface area contributed by atoms with Crippen molar-refractivity contribution < 1.29 is 28.2 Å². The average Bonchev–Trinajstić information content (AvgIpc) is 2.46. The second kappa shape index (κ2) is 6.23.